The van der Waals surface area contributed by atoms with E-state index in [-0.39, 0.29) is 23.7 Å². The minimum absolute atomic E-state index is 0.113. The van der Waals surface area contributed by atoms with Gasteiger partial charge in [-0.25, -0.2) is 4.98 Å². The molecule has 1 saturated carbocycles. The van der Waals surface area contributed by atoms with Crippen LogP contribution in [-0.4, -0.2) is 54.2 Å². The zero-order valence-corrected chi connectivity index (χ0v) is 16.4. The molecule has 3 atom stereocenters. The van der Waals surface area contributed by atoms with Gasteiger partial charge in [-0.2, -0.15) is 0 Å². The van der Waals surface area contributed by atoms with Crippen LogP contribution in [0.2, 0.25) is 0 Å². The first kappa shape index (κ1) is 19.0. The number of hydrogen-bond donors (Lipinski definition) is 1. The first-order chi connectivity index (χ1) is 13.6. The molecule has 1 aliphatic heterocycles. The van der Waals surface area contributed by atoms with E-state index in [1.165, 1.54) is 0 Å². The predicted molar refractivity (Wildman–Crippen MR) is 103 cm³/mol. The molecule has 3 unspecified atom stereocenters. The van der Waals surface area contributed by atoms with Crippen molar-refractivity contribution in [2.24, 2.45) is 0 Å². The summed E-state index contributed by atoms with van der Waals surface area (Å²) in [7, 11) is 3.41. The molecule has 0 aromatic carbocycles. The summed E-state index contributed by atoms with van der Waals surface area (Å²) < 4.78 is 17.9. The Morgan fingerprint density at radius 2 is 2.25 bits per heavy atom. The lowest BCUT2D eigenvalue weighted by molar-refractivity contribution is -0.0848. The fourth-order valence-corrected chi connectivity index (χ4v) is 4.55. The van der Waals surface area contributed by atoms with Crippen LogP contribution in [0.25, 0.3) is 0 Å². The van der Waals surface area contributed by atoms with Crippen LogP contribution in [0, 0.1) is 0 Å². The van der Waals surface area contributed by atoms with Crippen LogP contribution in [0.5, 0.6) is 5.88 Å². The molecular weight excluding hydrogens is 358 g/mol. The molecule has 7 nitrogen and oxygen atoms in total. The quantitative estimate of drug-likeness (QED) is 0.824. The summed E-state index contributed by atoms with van der Waals surface area (Å²) in [6, 6.07) is 9.57. The third-order valence-electron chi connectivity index (χ3n) is 6.05. The van der Waals surface area contributed by atoms with Gasteiger partial charge in [0.15, 0.2) is 5.76 Å². The average Bonchev–Trinajstić information content (AvgIpc) is 3.34. The van der Waals surface area contributed by atoms with E-state index in [9.17, 15) is 4.79 Å². The van der Waals surface area contributed by atoms with Crippen molar-refractivity contribution >= 4 is 5.91 Å². The molecule has 1 saturated heterocycles. The van der Waals surface area contributed by atoms with Crippen molar-refractivity contribution in [2.75, 3.05) is 20.7 Å². The van der Waals surface area contributed by atoms with Crippen LogP contribution >= 0.6 is 0 Å². The fraction of sp³-hybridized carbons (Fsp3) is 0.524. The Balaban J connectivity index is 1.46. The number of nitrogens with one attached hydrogen (secondary N) is 1. The highest BCUT2D eigenvalue weighted by Crippen LogP contribution is 2.43. The molecule has 0 spiro atoms. The fourth-order valence-electron chi connectivity index (χ4n) is 4.55. The lowest BCUT2D eigenvalue weighted by atomic mass is 9.79. The molecule has 28 heavy (non-hydrogen) atoms. The number of amides is 1. The van der Waals surface area contributed by atoms with E-state index in [1.807, 2.05) is 31.4 Å². The van der Waals surface area contributed by atoms with Crippen molar-refractivity contribution in [1.82, 2.24) is 15.2 Å². The van der Waals surface area contributed by atoms with Gasteiger partial charge in [-0.3, -0.25) is 9.69 Å². The molecule has 0 bridgehead atoms. The largest absolute Gasteiger partial charge is 0.474 e. The normalized spacial score (nSPS) is 27.4. The maximum absolute atomic E-state index is 11.7. The van der Waals surface area contributed by atoms with E-state index < -0.39 is 0 Å². The molecule has 150 valence electrons. The lowest BCUT2D eigenvalue weighted by Crippen LogP contribution is -2.52. The van der Waals surface area contributed by atoms with E-state index in [0.29, 0.717) is 18.2 Å². The zero-order chi connectivity index (χ0) is 19.6. The number of hydrogen-bond acceptors (Lipinski definition) is 6. The summed E-state index contributed by atoms with van der Waals surface area (Å²) in [6.07, 6.45) is 5.66. The first-order valence-corrected chi connectivity index (χ1v) is 9.81. The predicted octanol–water partition coefficient (Wildman–Crippen LogP) is 2.63. The van der Waals surface area contributed by atoms with Crippen molar-refractivity contribution in [1.29, 1.82) is 0 Å². The van der Waals surface area contributed by atoms with Crippen LogP contribution < -0.4 is 10.1 Å². The van der Waals surface area contributed by atoms with Gasteiger partial charge in [-0.1, -0.05) is 6.07 Å². The molecular formula is C21H27N3O4. The summed E-state index contributed by atoms with van der Waals surface area (Å²) in [4.78, 5) is 18.4. The van der Waals surface area contributed by atoms with E-state index in [4.69, 9.17) is 13.9 Å². The monoisotopic (exact) mass is 385 g/mol. The van der Waals surface area contributed by atoms with Crippen LogP contribution in [0.15, 0.2) is 40.9 Å². The van der Waals surface area contributed by atoms with Crippen molar-refractivity contribution in [3.05, 3.63) is 48.0 Å². The van der Waals surface area contributed by atoms with E-state index in [1.54, 1.807) is 19.3 Å². The van der Waals surface area contributed by atoms with Gasteiger partial charge >= 0.3 is 0 Å². The van der Waals surface area contributed by atoms with Crippen molar-refractivity contribution in [3.63, 3.8) is 0 Å². The van der Waals surface area contributed by atoms with Gasteiger partial charge in [0, 0.05) is 45.4 Å². The Kier molecular flexibility index (Phi) is 5.37. The SMILES string of the molecule is CNC(=O)c1ccc(CN2CCC3(OC)CCC(Oc4ccccn4)CC23)o1. The number of carbonyl (C=O) groups excluding carboxylic acids is 1. The molecule has 2 aromatic rings. The number of fused-ring (bicyclic) bond motifs is 1. The van der Waals surface area contributed by atoms with Gasteiger partial charge in [-0.15, -0.1) is 0 Å². The van der Waals surface area contributed by atoms with Crippen LogP contribution in [0.3, 0.4) is 0 Å². The number of furan rings is 1. The van der Waals surface area contributed by atoms with Crippen molar-refractivity contribution < 1.29 is 18.7 Å². The highest BCUT2D eigenvalue weighted by atomic mass is 16.5. The Morgan fingerprint density at radius 3 is 3.00 bits per heavy atom. The highest BCUT2D eigenvalue weighted by Gasteiger charge is 2.51. The molecule has 1 N–H and O–H groups in total. The molecule has 1 aliphatic carbocycles. The van der Waals surface area contributed by atoms with Gasteiger partial charge in [0.1, 0.15) is 11.9 Å². The Morgan fingerprint density at radius 1 is 1.36 bits per heavy atom. The number of likely N-dealkylation sites (tertiary alicyclic amines) is 1. The van der Waals surface area contributed by atoms with Crippen LogP contribution in [-0.2, 0) is 11.3 Å². The molecule has 3 heterocycles. The van der Waals surface area contributed by atoms with Gasteiger partial charge < -0.3 is 19.2 Å². The van der Waals surface area contributed by atoms with Crippen molar-refractivity contribution in [2.45, 2.75) is 50.0 Å². The van der Waals surface area contributed by atoms with Crippen LogP contribution in [0.4, 0.5) is 0 Å². The number of methoxy groups -OCH3 is 1. The van der Waals surface area contributed by atoms with E-state index >= 15 is 0 Å². The molecule has 0 radical (unpaired) electrons. The zero-order valence-electron chi connectivity index (χ0n) is 16.4. The molecule has 2 aliphatic rings. The molecule has 7 heteroatoms. The third-order valence-corrected chi connectivity index (χ3v) is 6.05. The minimum atomic E-state index is -0.208. The molecule has 1 amide bonds. The summed E-state index contributed by atoms with van der Waals surface area (Å²) >= 11 is 0. The van der Waals surface area contributed by atoms with Crippen LogP contribution in [0.1, 0.15) is 42.0 Å². The van der Waals surface area contributed by atoms with Gasteiger partial charge in [0.25, 0.3) is 5.91 Å². The number of nitrogens with zero attached hydrogens (tertiary/aromatic N) is 2. The number of ether oxygens (including phenoxy) is 2. The van der Waals surface area contributed by atoms with E-state index in [0.717, 1.165) is 38.0 Å². The van der Waals surface area contributed by atoms with E-state index in [2.05, 4.69) is 15.2 Å². The molecule has 4 rings (SSSR count). The number of aromatic nitrogens is 1. The smallest absolute Gasteiger partial charge is 0.286 e. The Hall–Kier alpha value is -2.38. The summed E-state index contributed by atoms with van der Waals surface area (Å²) in [5.74, 6) is 1.59. The van der Waals surface area contributed by atoms with Gasteiger partial charge in [0.05, 0.1) is 12.1 Å². The first-order valence-electron chi connectivity index (χ1n) is 9.81. The van der Waals surface area contributed by atoms with Gasteiger partial charge in [-0.05, 0) is 37.5 Å². The third kappa shape index (κ3) is 3.64. The highest BCUT2D eigenvalue weighted by molar-refractivity contribution is 5.91. The lowest BCUT2D eigenvalue weighted by Gasteiger charge is -2.43. The number of rotatable bonds is 6. The summed E-state index contributed by atoms with van der Waals surface area (Å²) in [5.41, 5.74) is -0.139. The average molecular weight is 385 g/mol. The molecule has 2 fully saturated rings. The topological polar surface area (TPSA) is 76.8 Å². The standard InChI is InChI=1S/C21H27N3O4/c1-22-20(25)17-7-6-16(27-17)14-24-12-10-21(26-2)9-8-15(13-18(21)24)28-19-5-3-4-11-23-19/h3-7,11,15,18H,8-10,12-14H2,1-2H3,(H,22,25). The maximum Gasteiger partial charge on any atom is 0.286 e. The second kappa shape index (κ2) is 7.93. The van der Waals surface area contributed by atoms with Crippen molar-refractivity contribution in [3.8, 4) is 5.88 Å². The Bertz CT molecular complexity index is 809. The summed E-state index contributed by atoms with van der Waals surface area (Å²) in [5, 5.41) is 2.59. The number of pyridine rings is 1. The maximum atomic E-state index is 11.7. The second-order valence-corrected chi connectivity index (χ2v) is 7.53. The minimum Gasteiger partial charge on any atom is -0.474 e. The Labute approximate surface area is 165 Å². The molecule has 2 aromatic heterocycles. The second-order valence-electron chi connectivity index (χ2n) is 7.53. The van der Waals surface area contributed by atoms with Gasteiger partial charge in [0.2, 0.25) is 5.88 Å². The number of carbonyl (C=O) groups is 1. The summed E-state index contributed by atoms with van der Waals surface area (Å²) in [6.45, 7) is 1.59.